The molecule has 2 heterocycles. The molecule has 1 N–H and O–H groups in total. The Morgan fingerprint density at radius 3 is 2.81 bits per heavy atom. The summed E-state index contributed by atoms with van der Waals surface area (Å²) < 4.78 is 10.8. The zero-order valence-electron chi connectivity index (χ0n) is 16.3. The van der Waals surface area contributed by atoms with Crippen molar-refractivity contribution in [3.05, 3.63) is 16.5 Å². The van der Waals surface area contributed by atoms with Crippen LogP contribution < -0.4 is 5.32 Å². The Morgan fingerprint density at radius 2 is 2.15 bits per heavy atom. The zero-order valence-corrected chi connectivity index (χ0v) is 17.1. The Kier molecular flexibility index (Phi) is 7.61. The predicted molar refractivity (Wildman–Crippen MR) is 104 cm³/mol. The summed E-state index contributed by atoms with van der Waals surface area (Å²) in [5.41, 5.74) is 1.44. The van der Waals surface area contributed by atoms with Gasteiger partial charge >= 0.3 is 5.97 Å². The lowest BCUT2D eigenvalue weighted by Crippen LogP contribution is -2.50. The molecule has 0 saturated carbocycles. The van der Waals surface area contributed by atoms with E-state index in [0.717, 1.165) is 18.5 Å². The number of morpholine rings is 1. The van der Waals surface area contributed by atoms with Crippen molar-refractivity contribution in [1.29, 1.82) is 0 Å². The van der Waals surface area contributed by atoms with Crippen molar-refractivity contribution in [2.75, 3.05) is 31.6 Å². The second-order valence-corrected chi connectivity index (χ2v) is 8.13. The monoisotopic (exact) mass is 382 g/mol. The van der Waals surface area contributed by atoms with Crippen molar-refractivity contribution in [1.82, 2.24) is 4.90 Å². The smallest absolute Gasteiger partial charge is 0.341 e. The number of esters is 1. The van der Waals surface area contributed by atoms with Crippen molar-refractivity contribution >= 4 is 28.2 Å². The molecule has 1 aliphatic rings. The molecule has 0 aliphatic carbocycles. The van der Waals surface area contributed by atoms with Gasteiger partial charge in [-0.3, -0.25) is 9.69 Å². The van der Waals surface area contributed by atoms with Gasteiger partial charge in [-0.05, 0) is 44.1 Å². The lowest BCUT2D eigenvalue weighted by Gasteiger charge is -2.36. The van der Waals surface area contributed by atoms with E-state index in [2.05, 4.69) is 31.0 Å². The van der Waals surface area contributed by atoms with Gasteiger partial charge in [0, 0.05) is 12.6 Å². The van der Waals surface area contributed by atoms with Crippen LogP contribution in [-0.2, 0) is 20.7 Å². The number of thiophene rings is 1. The van der Waals surface area contributed by atoms with Gasteiger partial charge in [0.25, 0.3) is 0 Å². The standard InChI is InChI=1S/C19H30N2O4S/c1-6-24-19(23)17-15(7-12(2)3)11-26-18(17)20-16(22)9-21-8-14(5)25-10-13(21)4/h11-14H,6-10H2,1-5H3,(H,20,22)/t13-,14-/m1/s1. The topological polar surface area (TPSA) is 67.9 Å². The third-order valence-corrected chi connectivity index (χ3v) is 5.26. The Morgan fingerprint density at radius 1 is 1.42 bits per heavy atom. The summed E-state index contributed by atoms with van der Waals surface area (Å²) in [5.74, 6) is -0.0699. The maximum Gasteiger partial charge on any atom is 0.341 e. The fraction of sp³-hybridized carbons (Fsp3) is 0.684. The third-order valence-electron chi connectivity index (χ3n) is 4.31. The molecule has 1 aliphatic heterocycles. The van der Waals surface area contributed by atoms with E-state index < -0.39 is 0 Å². The van der Waals surface area contributed by atoms with Crippen molar-refractivity contribution in [3.8, 4) is 0 Å². The van der Waals surface area contributed by atoms with Crippen LogP contribution in [0.25, 0.3) is 0 Å². The van der Waals surface area contributed by atoms with Gasteiger partial charge in [0.05, 0.1) is 31.4 Å². The number of hydrogen-bond acceptors (Lipinski definition) is 6. The van der Waals surface area contributed by atoms with Crippen LogP contribution in [0.2, 0.25) is 0 Å². The first-order chi connectivity index (χ1) is 12.3. The van der Waals surface area contributed by atoms with Gasteiger partial charge in [-0.15, -0.1) is 11.3 Å². The first-order valence-corrected chi connectivity index (χ1v) is 10.1. The quantitative estimate of drug-likeness (QED) is 0.734. The van der Waals surface area contributed by atoms with Crippen molar-refractivity contribution < 1.29 is 19.1 Å². The second-order valence-electron chi connectivity index (χ2n) is 7.25. The highest BCUT2D eigenvalue weighted by atomic mass is 32.1. The highest BCUT2D eigenvalue weighted by Gasteiger charge is 2.27. The van der Waals surface area contributed by atoms with E-state index in [1.807, 2.05) is 12.3 Å². The lowest BCUT2D eigenvalue weighted by molar-refractivity contribution is -0.121. The van der Waals surface area contributed by atoms with Crippen LogP contribution in [0.3, 0.4) is 0 Å². The second kappa shape index (κ2) is 9.48. The lowest BCUT2D eigenvalue weighted by atomic mass is 10.0. The molecular formula is C19H30N2O4S. The van der Waals surface area contributed by atoms with Crippen LogP contribution in [0, 0.1) is 5.92 Å². The maximum atomic E-state index is 12.6. The van der Waals surface area contributed by atoms with E-state index >= 15 is 0 Å². The van der Waals surface area contributed by atoms with Crippen LogP contribution in [0.5, 0.6) is 0 Å². The number of hydrogen-bond donors (Lipinski definition) is 1. The molecule has 7 heteroatoms. The minimum atomic E-state index is -0.368. The van der Waals surface area contributed by atoms with Crippen molar-refractivity contribution in [2.45, 2.75) is 53.2 Å². The minimum absolute atomic E-state index is 0.116. The molecule has 2 atom stereocenters. The first kappa shape index (κ1) is 20.9. The predicted octanol–water partition coefficient (Wildman–Crippen LogP) is 3.17. The largest absolute Gasteiger partial charge is 0.462 e. The van der Waals surface area contributed by atoms with E-state index in [1.54, 1.807) is 6.92 Å². The highest BCUT2D eigenvalue weighted by Crippen LogP contribution is 2.31. The van der Waals surface area contributed by atoms with Gasteiger partial charge in [0.1, 0.15) is 5.00 Å². The van der Waals surface area contributed by atoms with Gasteiger partial charge in [0.15, 0.2) is 0 Å². The summed E-state index contributed by atoms with van der Waals surface area (Å²) in [4.78, 5) is 27.1. The van der Waals surface area contributed by atoms with Crippen LogP contribution in [-0.4, -0.2) is 55.2 Å². The Balaban J connectivity index is 2.10. The summed E-state index contributed by atoms with van der Waals surface area (Å²) in [6, 6.07) is 0.196. The summed E-state index contributed by atoms with van der Waals surface area (Å²) >= 11 is 1.39. The van der Waals surface area contributed by atoms with E-state index in [4.69, 9.17) is 9.47 Å². The van der Waals surface area contributed by atoms with Crippen molar-refractivity contribution in [2.24, 2.45) is 5.92 Å². The number of nitrogens with zero attached hydrogens (tertiary/aromatic N) is 1. The zero-order chi connectivity index (χ0) is 19.3. The van der Waals surface area contributed by atoms with Gasteiger partial charge in [-0.2, -0.15) is 0 Å². The highest BCUT2D eigenvalue weighted by molar-refractivity contribution is 7.15. The normalized spacial score (nSPS) is 21.0. The van der Waals surface area contributed by atoms with Crippen molar-refractivity contribution in [3.63, 3.8) is 0 Å². The molecule has 0 bridgehead atoms. The summed E-state index contributed by atoms with van der Waals surface area (Å²) in [6.45, 7) is 12.0. The molecule has 1 aromatic heterocycles. The SMILES string of the molecule is CCOC(=O)c1c(CC(C)C)csc1NC(=O)CN1C[C@@H](C)OC[C@H]1C. The molecule has 6 nitrogen and oxygen atoms in total. The average Bonchev–Trinajstić information content (AvgIpc) is 2.92. The summed E-state index contributed by atoms with van der Waals surface area (Å²) in [5, 5.41) is 5.45. The van der Waals surface area contributed by atoms with Crippen LogP contribution in [0.4, 0.5) is 5.00 Å². The van der Waals surface area contributed by atoms with E-state index in [1.165, 1.54) is 11.3 Å². The molecule has 0 radical (unpaired) electrons. The Bertz CT molecular complexity index is 629. The molecule has 146 valence electrons. The van der Waals surface area contributed by atoms with Crippen LogP contribution >= 0.6 is 11.3 Å². The summed E-state index contributed by atoms with van der Waals surface area (Å²) in [6.07, 6.45) is 0.895. The van der Waals surface area contributed by atoms with E-state index in [-0.39, 0.29) is 30.6 Å². The number of carbonyl (C=O) groups excluding carboxylic acids is 2. The first-order valence-electron chi connectivity index (χ1n) is 9.24. The molecule has 1 amide bonds. The van der Waals surface area contributed by atoms with Crippen LogP contribution in [0.15, 0.2) is 5.38 Å². The average molecular weight is 383 g/mol. The Labute approximate surface area is 159 Å². The summed E-state index contributed by atoms with van der Waals surface area (Å²) in [7, 11) is 0. The number of anilines is 1. The molecule has 0 unspecified atom stereocenters. The fourth-order valence-corrected chi connectivity index (χ4v) is 4.02. The van der Waals surface area contributed by atoms with E-state index in [0.29, 0.717) is 29.7 Å². The number of carbonyl (C=O) groups is 2. The molecule has 2 rings (SSSR count). The van der Waals surface area contributed by atoms with Gasteiger partial charge in [-0.1, -0.05) is 13.8 Å². The molecular weight excluding hydrogens is 352 g/mol. The maximum absolute atomic E-state index is 12.6. The van der Waals surface area contributed by atoms with E-state index in [9.17, 15) is 9.59 Å². The molecule has 26 heavy (non-hydrogen) atoms. The molecule has 0 spiro atoms. The minimum Gasteiger partial charge on any atom is -0.462 e. The molecule has 1 saturated heterocycles. The third kappa shape index (κ3) is 5.53. The number of nitrogens with one attached hydrogen (secondary N) is 1. The fourth-order valence-electron chi connectivity index (χ4n) is 3.05. The van der Waals surface area contributed by atoms with Gasteiger partial charge in [-0.25, -0.2) is 4.79 Å². The molecule has 1 aromatic rings. The van der Waals surface area contributed by atoms with Crippen LogP contribution in [0.1, 0.15) is 50.5 Å². The number of ether oxygens (including phenoxy) is 2. The van der Waals surface area contributed by atoms with Gasteiger partial charge in [0.2, 0.25) is 5.91 Å². The Hall–Kier alpha value is -1.44. The number of amides is 1. The number of rotatable bonds is 7. The van der Waals surface area contributed by atoms with Gasteiger partial charge < -0.3 is 14.8 Å². The molecule has 0 aromatic carbocycles. The molecule has 1 fully saturated rings.